The lowest BCUT2D eigenvalue weighted by atomic mass is 10.1. The van der Waals surface area contributed by atoms with Gasteiger partial charge < -0.3 is 5.73 Å². The number of benzene rings is 1. The van der Waals surface area contributed by atoms with Crippen LogP contribution in [0.3, 0.4) is 0 Å². The summed E-state index contributed by atoms with van der Waals surface area (Å²) in [7, 11) is 0. The average Bonchev–Trinajstić information content (AvgIpc) is 2.33. The van der Waals surface area contributed by atoms with Gasteiger partial charge in [0.2, 0.25) is 0 Å². The van der Waals surface area contributed by atoms with E-state index in [2.05, 4.69) is 4.98 Å². The molecule has 2 N–H and O–H groups in total. The van der Waals surface area contributed by atoms with Gasteiger partial charge in [-0.2, -0.15) is 0 Å². The summed E-state index contributed by atoms with van der Waals surface area (Å²) in [6.45, 7) is 1.07. The van der Waals surface area contributed by atoms with Crippen LogP contribution < -0.4 is 11.4 Å². The second-order valence-corrected chi connectivity index (χ2v) is 3.55. The van der Waals surface area contributed by atoms with Gasteiger partial charge in [-0.3, -0.25) is 4.57 Å². The van der Waals surface area contributed by atoms with E-state index in [-0.39, 0.29) is 5.69 Å². The van der Waals surface area contributed by atoms with E-state index in [0.717, 1.165) is 11.1 Å². The van der Waals surface area contributed by atoms with Crippen LogP contribution in [-0.2, 0) is 13.1 Å². The molecule has 1 aromatic carbocycles. The topological polar surface area (TPSA) is 60.9 Å². The zero-order valence-corrected chi connectivity index (χ0v) is 8.84. The van der Waals surface area contributed by atoms with Crippen LogP contribution in [0.5, 0.6) is 0 Å². The lowest BCUT2D eigenvalue weighted by molar-refractivity contribution is 0.726. The first-order valence-corrected chi connectivity index (χ1v) is 5.09. The minimum absolute atomic E-state index is 0.231. The first-order chi connectivity index (χ1) is 7.79. The van der Waals surface area contributed by atoms with Gasteiger partial charge in [-0.1, -0.05) is 24.3 Å². The van der Waals surface area contributed by atoms with Crippen molar-refractivity contribution < 1.29 is 0 Å². The smallest absolute Gasteiger partial charge is 0.326 e. The summed E-state index contributed by atoms with van der Waals surface area (Å²) in [6, 6.07) is 9.63. The zero-order chi connectivity index (χ0) is 11.4. The Morgan fingerprint density at radius 1 is 1.19 bits per heavy atom. The number of nitrogens with two attached hydrogens (primary N) is 1. The van der Waals surface area contributed by atoms with E-state index in [1.54, 1.807) is 16.8 Å². The molecular formula is C12H13N3O. The third-order valence-corrected chi connectivity index (χ3v) is 2.39. The van der Waals surface area contributed by atoms with Crippen molar-refractivity contribution in [2.24, 2.45) is 5.73 Å². The van der Waals surface area contributed by atoms with Gasteiger partial charge in [-0.15, -0.1) is 0 Å². The van der Waals surface area contributed by atoms with Gasteiger partial charge in [0.25, 0.3) is 0 Å². The summed E-state index contributed by atoms with van der Waals surface area (Å²) in [5, 5.41) is 0. The molecule has 4 heteroatoms. The maximum absolute atomic E-state index is 11.4. The van der Waals surface area contributed by atoms with Crippen molar-refractivity contribution in [3.05, 3.63) is 64.3 Å². The van der Waals surface area contributed by atoms with Crippen molar-refractivity contribution in [1.82, 2.24) is 9.55 Å². The van der Waals surface area contributed by atoms with Gasteiger partial charge in [-0.25, -0.2) is 9.78 Å². The highest BCUT2D eigenvalue weighted by molar-refractivity contribution is 5.22. The molecule has 0 spiro atoms. The fraction of sp³-hybridized carbons (Fsp3) is 0.167. The fourth-order valence-corrected chi connectivity index (χ4v) is 1.48. The van der Waals surface area contributed by atoms with Gasteiger partial charge in [-0.05, 0) is 17.2 Å². The summed E-state index contributed by atoms with van der Waals surface area (Å²) in [5.74, 6) is 0. The molecule has 0 bridgehead atoms. The molecule has 0 saturated heterocycles. The summed E-state index contributed by atoms with van der Waals surface area (Å²) in [4.78, 5) is 15.1. The van der Waals surface area contributed by atoms with Gasteiger partial charge in [0.1, 0.15) is 0 Å². The quantitative estimate of drug-likeness (QED) is 0.821. The van der Waals surface area contributed by atoms with Crippen molar-refractivity contribution in [2.75, 3.05) is 0 Å². The standard InChI is InChI=1S/C12H13N3O/c13-8-10-2-4-11(5-3-10)9-15-7-1-6-14-12(15)16/h1-7H,8-9,13H2. The minimum atomic E-state index is -0.231. The van der Waals surface area contributed by atoms with Gasteiger partial charge in [0.05, 0.1) is 6.54 Å². The third kappa shape index (κ3) is 2.35. The minimum Gasteiger partial charge on any atom is -0.326 e. The van der Waals surface area contributed by atoms with Gasteiger partial charge in [0.15, 0.2) is 0 Å². The largest absolute Gasteiger partial charge is 0.347 e. The highest BCUT2D eigenvalue weighted by Crippen LogP contribution is 2.04. The van der Waals surface area contributed by atoms with Crippen molar-refractivity contribution in [3.63, 3.8) is 0 Å². The van der Waals surface area contributed by atoms with E-state index >= 15 is 0 Å². The predicted molar refractivity (Wildman–Crippen MR) is 61.9 cm³/mol. The number of aromatic nitrogens is 2. The van der Waals surface area contributed by atoms with Crippen molar-refractivity contribution >= 4 is 0 Å². The Morgan fingerprint density at radius 3 is 2.50 bits per heavy atom. The summed E-state index contributed by atoms with van der Waals surface area (Å²) >= 11 is 0. The molecule has 0 saturated carbocycles. The Morgan fingerprint density at radius 2 is 1.88 bits per heavy atom. The van der Waals surface area contributed by atoms with Crippen molar-refractivity contribution in [2.45, 2.75) is 13.1 Å². The van der Waals surface area contributed by atoms with Crippen LogP contribution in [0.4, 0.5) is 0 Å². The number of rotatable bonds is 3. The zero-order valence-electron chi connectivity index (χ0n) is 8.84. The highest BCUT2D eigenvalue weighted by Gasteiger charge is 1.97. The van der Waals surface area contributed by atoms with Crippen LogP contribution in [0.2, 0.25) is 0 Å². The molecule has 0 aliphatic rings. The summed E-state index contributed by atoms with van der Waals surface area (Å²) in [6.07, 6.45) is 3.22. The lowest BCUT2D eigenvalue weighted by Crippen LogP contribution is -2.21. The first-order valence-electron chi connectivity index (χ1n) is 5.09. The van der Waals surface area contributed by atoms with Crippen molar-refractivity contribution in [1.29, 1.82) is 0 Å². The van der Waals surface area contributed by atoms with E-state index in [1.165, 1.54) is 6.20 Å². The maximum Gasteiger partial charge on any atom is 0.347 e. The Kier molecular flexibility index (Phi) is 3.12. The molecule has 0 radical (unpaired) electrons. The Labute approximate surface area is 93.4 Å². The second kappa shape index (κ2) is 4.72. The van der Waals surface area contributed by atoms with E-state index in [4.69, 9.17) is 5.73 Å². The molecule has 82 valence electrons. The van der Waals surface area contributed by atoms with E-state index in [0.29, 0.717) is 13.1 Å². The number of hydrogen-bond acceptors (Lipinski definition) is 3. The van der Waals surface area contributed by atoms with Crippen LogP contribution in [0.15, 0.2) is 47.5 Å². The number of hydrogen-bond donors (Lipinski definition) is 1. The Balaban J connectivity index is 2.21. The van der Waals surface area contributed by atoms with E-state index in [1.807, 2.05) is 24.3 Å². The molecule has 0 unspecified atom stereocenters. The van der Waals surface area contributed by atoms with E-state index < -0.39 is 0 Å². The molecule has 1 aromatic heterocycles. The normalized spacial score (nSPS) is 10.3. The predicted octanol–water partition coefficient (Wildman–Crippen LogP) is 0.750. The Hall–Kier alpha value is -1.94. The molecule has 16 heavy (non-hydrogen) atoms. The molecule has 0 fully saturated rings. The summed E-state index contributed by atoms with van der Waals surface area (Å²) in [5.41, 5.74) is 7.43. The van der Waals surface area contributed by atoms with E-state index in [9.17, 15) is 4.79 Å². The maximum atomic E-state index is 11.4. The molecule has 1 heterocycles. The molecule has 0 atom stereocenters. The number of nitrogens with zero attached hydrogens (tertiary/aromatic N) is 2. The highest BCUT2D eigenvalue weighted by atomic mass is 16.1. The van der Waals surface area contributed by atoms with Crippen LogP contribution in [-0.4, -0.2) is 9.55 Å². The Bertz CT molecular complexity index is 516. The van der Waals surface area contributed by atoms with Crippen LogP contribution in [0, 0.1) is 0 Å². The average molecular weight is 215 g/mol. The monoisotopic (exact) mass is 215 g/mol. The molecule has 4 nitrogen and oxygen atoms in total. The van der Waals surface area contributed by atoms with Crippen LogP contribution in [0.1, 0.15) is 11.1 Å². The first kappa shape index (κ1) is 10.6. The third-order valence-electron chi connectivity index (χ3n) is 2.39. The molecule has 2 rings (SSSR count). The molecular weight excluding hydrogens is 202 g/mol. The van der Waals surface area contributed by atoms with Crippen molar-refractivity contribution in [3.8, 4) is 0 Å². The fourth-order valence-electron chi connectivity index (χ4n) is 1.48. The summed E-state index contributed by atoms with van der Waals surface area (Å²) < 4.78 is 1.57. The lowest BCUT2D eigenvalue weighted by Gasteiger charge is -2.05. The van der Waals surface area contributed by atoms with Crippen LogP contribution in [0.25, 0.3) is 0 Å². The van der Waals surface area contributed by atoms with Crippen LogP contribution >= 0.6 is 0 Å². The second-order valence-electron chi connectivity index (χ2n) is 3.55. The molecule has 0 amide bonds. The van der Waals surface area contributed by atoms with Gasteiger partial charge in [0, 0.05) is 18.9 Å². The molecule has 2 aromatic rings. The SMILES string of the molecule is NCc1ccc(Cn2cccnc2=O)cc1. The van der Waals surface area contributed by atoms with Gasteiger partial charge >= 0.3 is 5.69 Å². The molecule has 0 aliphatic heterocycles. The molecule has 0 aliphatic carbocycles.